The van der Waals surface area contributed by atoms with Crippen LogP contribution >= 0.6 is 11.9 Å². The summed E-state index contributed by atoms with van der Waals surface area (Å²) >= 11 is 1.63. The molecule has 0 atom stereocenters. The topological polar surface area (TPSA) is 41.3 Å². The molecule has 17 heavy (non-hydrogen) atoms. The number of hydrogen-bond donors (Lipinski definition) is 2. The molecule has 4 heteroatoms. The van der Waals surface area contributed by atoms with Gasteiger partial charge < -0.3 is 10.5 Å². The highest BCUT2D eigenvalue weighted by molar-refractivity contribution is 7.99. The highest BCUT2D eigenvalue weighted by atomic mass is 32.2. The van der Waals surface area contributed by atoms with Crippen LogP contribution in [0, 0.1) is 0 Å². The predicted molar refractivity (Wildman–Crippen MR) is 76.1 cm³/mol. The highest BCUT2D eigenvalue weighted by Gasteiger charge is 2.15. The van der Waals surface area contributed by atoms with Gasteiger partial charge in [-0.15, -0.1) is 0 Å². The summed E-state index contributed by atoms with van der Waals surface area (Å²) in [6.07, 6.45) is 4.30. The molecule has 94 valence electrons. The molecule has 1 fully saturated rings. The van der Waals surface area contributed by atoms with Gasteiger partial charge in [0, 0.05) is 24.5 Å². The Balaban J connectivity index is 1.91. The summed E-state index contributed by atoms with van der Waals surface area (Å²) in [7, 11) is 0. The van der Waals surface area contributed by atoms with Crippen LogP contribution in [-0.2, 0) is 6.54 Å². The van der Waals surface area contributed by atoms with Crippen LogP contribution in [0.15, 0.2) is 24.3 Å². The summed E-state index contributed by atoms with van der Waals surface area (Å²) in [4.78, 5) is 2.49. The number of likely N-dealkylation sites (tertiary alicyclic amines) is 1. The fourth-order valence-electron chi connectivity index (χ4n) is 2.22. The van der Waals surface area contributed by atoms with Crippen LogP contribution in [0.5, 0.6) is 0 Å². The molecule has 0 amide bonds. The van der Waals surface area contributed by atoms with Crippen molar-refractivity contribution in [2.24, 2.45) is 5.73 Å². The molecule has 2 rings (SSSR count). The molecule has 1 aromatic carbocycles. The third kappa shape index (κ3) is 3.91. The molecule has 1 heterocycles. The average Bonchev–Trinajstić information content (AvgIpc) is 2.33. The Hall–Kier alpha value is -0.710. The third-order valence-corrected chi connectivity index (χ3v) is 3.63. The molecule has 3 N–H and O–H groups in total. The first-order valence-corrected chi connectivity index (χ1v) is 7.36. The van der Waals surface area contributed by atoms with Gasteiger partial charge in [-0.25, -0.2) is 0 Å². The summed E-state index contributed by atoms with van der Waals surface area (Å²) < 4.78 is 3.27. The Morgan fingerprint density at radius 3 is 2.88 bits per heavy atom. The minimum absolute atomic E-state index is 0.413. The quantitative estimate of drug-likeness (QED) is 0.806. The van der Waals surface area contributed by atoms with Gasteiger partial charge in [0.1, 0.15) is 0 Å². The van der Waals surface area contributed by atoms with Crippen LogP contribution in [0.3, 0.4) is 0 Å². The fraction of sp³-hybridized carbons (Fsp3) is 0.538. The van der Waals surface area contributed by atoms with E-state index in [1.54, 1.807) is 11.9 Å². The molecule has 1 saturated heterocycles. The second kappa shape index (κ2) is 6.28. The normalized spacial score (nSPS) is 18.2. The number of anilines is 1. The minimum atomic E-state index is 0.413. The van der Waals surface area contributed by atoms with Gasteiger partial charge in [-0.05, 0) is 43.6 Å². The number of nitrogens with two attached hydrogens (primary N) is 1. The van der Waals surface area contributed by atoms with Gasteiger partial charge in [-0.1, -0.05) is 24.1 Å². The van der Waals surface area contributed by atoms with Gasteiger partial charge in [-0.3, -0.25) is 4.90 Å². The summed E-state index contributed by atoms with van der Waals surface area (Å²) in [6, 6.07) is 9.05. The van der Waals surface area contributed by atoms with Gasteiger partial charge in [0.15, 0.2) is 0 Å². The van der Waals surface area contributed by atoms with Crippen LogP contribution in [0.4, 0.5) is 5.69 Å². The fourth-order valence-corrected chi connectivity index (χ4v) is 2.58. The lowest BCUT2D eigenvalue weighted by Crippen LogP contribution is -2.39. The second-order valence-corrected chi connectivity index (χ2v) is 5.23. The van der Waals surface area contributed by atoms with Gasteiger partial charge in [0.25, 0.3) is 0 Å². The number of hydrogen-bond acceptors (Lipinski definition) is 4. The number of benzene rings is 1. The first-order chi connectivity index (χ1) is 8.28. The lowest BCUT2D eigenvalue weighted by atomic mass is 10.1. The van der Waals surface area contributed by atoms with Gasteiger partial charge in [-0.2, -0.15) is 0 Å². The zero-order chi connectivity index (χ0) is 12.1. The first-order valence-electron chi connectivity index (χ1n) is 6.14. The number of nitrogens with one attached hydrogen (secondary N) is 1. The monoisotopic (exact) mass is 251 g/mol. The van der Waals surface area contributed by atoms with E-state index in [-0.39, 0.29) is 0 Å². The number of piperidine rings is 1. The van der Waals surface area contributed by atoms with E-state index in [9.17, 15) is 0 Å². The first kappa shape index (κ1) is 12.7. The minimum Gasteiger partial charge on any atom is -0.330 e. The van der Waals surface area contributed by atoms with E-state index >= 15 is 0 Å². The molecule has 0 aliphatic carbocycles. The Bertz CT molecular complexity index is 348. The smallest absolute Gasteiger partial charge is 0.0443 e. The van der Waals surface area contributed by atoms with Crippen LogP contribution in [0.25, 0.3) is 0 Å². The van der Waals surface area contributed by atoms with Gasteiger partial charge in [0.2, 0.25) is 0 Å². The maximum atomic E-state index is 5.91. The molecule has 1 aliphatic heterocycles. The van der Waals surface area contributed by atoms with Gasteiger partial charge in [0.05, 0.1) is 0 Å². The lowest BCUT2D eigenvalue weighted by molar-refractivity contribution is 0.205. The van der Waals surface area contributed by atoms with Crippen molar-refractivity contribution in [1.29, 1.82) is 0 Å². The highest BCUT2D eigenvalue weighted by Crippen LogP contribution is 2.17. The van der Waals surface area contributed by atoms with Crippen LogP contribution in [0.2, 0.25) is 0 Å². The molecule has 1 aromatic rings. The average molecular weight is 251 g/mol. The zero-order valence-corrected chi connectivity index (χ0v) is 11.2. The zero-order valence-electron chi connectivity index (χ0n) is 10.4. The Labute approximate surface area is 108 Å². The van der Waals surface area contributed by atoms with Crippen molar-refractivity contribution in [3.8, 4) is 0 Å². The third-order valence-electron chi connectivity index (χ3n) is 3.19. The summed E-state index contributed by atoms with van der Waals surface area (Å²) in [5.74, 6) is 0. The maximum Gasteiger partial charge on any atom is 0.0443 e. The molecular formula is C13H21N3S. The van der Waals surface area contributed by atoms with Crippen molar-refractivity contribution >= 4 is 17.6 Å². The molecule has 0 bridgehead atoms. The van der Waals surface area contributed by atoms with Crippen molar-refractivity contribution in [3.63, 3.8) is 0 Å². The lowest BCUT2D eigenvalue weighted by Gasteiger charge is -2.30. The van der Waals surface area contributed by atoms with Crippen molar-refractivity contribution < 1.29 is 0 Å². The van der Waals surface area contributed by atoms with Crippen molar-refractivity contribution in [1.82, 2.24) is 4.90 Å². The van der Waals surface area contributed by atoms with Crippen molar-refractivity contribution in [3.05, 3.63) is 29.8 Å². The standard InChI is InChI=1S/C13H21N3S/c1-17-15-13-4-2-3-11(9-13)10-16-7-5-12(14)6-8-16/h2-4,9,12,15H,5-8,10,14H2,1H3. The summed E-state index contributed by atoms with van der Waals surface area (Å²) in [6.45, 7) is 3.29. The number of nitrogens with zero attached hydrogens (tertiary/aromatic N) is 1. The molecule has 0 saturated carbocycles. The van der Waals surface area contributed by atoms with E-state index in [1.165, 1.54) is 11.3 Å². The predicted octanol–water partition coefficient (Wildman–Crippen LogP) is 2.30. The maximum absolute atomic E-state index is 5.91. The summed E-state index contributed by atoms with van der Waals surface area (Å²) in [5, 5.41) is 0. The Morgan fingerprint density at radius 1 is 1.41 bits per heavy atom. The van der Waals surface area contributed by atoms with E-state index in [4.69, 9.17) is 5.73 Å². The van der Waals surface area contributed by atoms with E-state index in [0.717, 1.165) is 32.5 Å². The molecule has 3 nitrogen and oxygen atoms in total. The van der Waals surface area contributed by atoms with E-state index in [0.29, 0.717) is 6.04 Å². The van der Waals surface area contributed by atoms with Crippen LogP contribution in [-0.4, -0.2) is 30.3 Å². The van der Waals surface area contributed by atoms with E-state index in [1.807, 2.05) is 6.26 Å². The van der Waals surface area contributed by atoms with E-state index < -0.39 is 0 Å². The molecule has 0 radical (unpaired) electrons. The molecule has 1 aliphatic rings. The van der Waals surface area contributed by atoms with E-state index in [2.05, 4.69) is 33.9 Å². The number of rotatable bonds is 4. The largest absolute Gasteiger partial charge is 0.330 e. The molecule has 0 aromatic heterocycles. The Kier molecular flexibility index (Phi) is 4.71. The molecule has 0 unspecified atom stereocenters. The van der Waals surface area contributed by atoms with Crippen molar-refractivity contribution in [2.45, 2.75) is 25.4 Å². The SMILES string of the molecule is CSNc1cccc(CN2CCC(N)CC2)c1. The molecule has 0 spiro atoms. The summed E-state index contributed by atoms with van der Waals surface area (Å²) in [5.41, 5.74) is 8.47. The molecular weight excluding hydrogens is 230 g/mol. The second-order valence-electron chi connectivity index (χ2n) is 4.62. The van der Waals surface area contributed by atoms with Crippen molar-refractivity contribution in [2.75, 3.05) is 24.1 Å². The van der Waals surface area contributed by atoms with Gasteiger partial charge >= 0.3 is 0 Å². The Morgan fingerprint density at radius 2 is 2.18 bits per heavy atom. The van der Waals surface area contributed by atoms with Crippen LogP contribution < -0.4 is 10.5 Å². The van der Waals surface area contributed by atoms with Crippen LogP contribution in [0.1, 0.15) is 18.4 Å².